The maximum Gasteiger partial charge on any atom is 0.317 e. The highest BCUT2D eigenvalue weighted by molar-refractivity contribution is 7.08. The third-order valence-electron chi connectivity index (χ3n) is 5.03. The van der Waals surface area contributed by atoms with Crippen LogP contribution in [0.1, 0.15) is 30.1 Å². The number of thiophene rings is 1. The van der Waals surface area contributed by atoms with E-state index in [1.165, 1.54) is 6.07 Å². The molecule has 0 atom stereocenters. The Morgan fingerprint density at radius 1 is 1.21 bits per heavy atom. The van der Waals surface area contributed by atoms with E-state index in [2.05, 4.69) is 15.3 Å². The van der Waals surface area contributed by atoms with Crippen LogP contribution in [0.3, 0.4) is 0 Å². The molecular weight excluding hydrogens is 372 g/mol. The van der Waals surface area contributed by atoms with Crippen LogP contribution >= 0.6 is 11.3 Å². The van der Waals surface area contributed by atoms with Gasteiger partial charge in [0.2, 0.25) is 0 Å². The largest absolute Gasteiger partial charge is 0.334 e. The maximum atomic E-state index is 12.4. The number of benzene rings is 1. The Kier molecular flexibility index (Phi) is 5.53. The summed E-state index contributed by atoms with van der Waals surface area (Å²) >= 11 is 1.58. The van der Waals surface area contributed by atoms with Crippen molar-refractivity contribution in [1.82, 2.24) is 20.2 Å². The van der Waals surface area contributed by atoms with Gasteiger partial charge in [0.25, 0.3) is 5.56 Å². The molecule has 6 nitrogen and oxygen atoms in total. The fraction of sp³-hybridized carbons (Fsp3) is 0.286. The Morgan fingerprint density at radius 3 is 2.71 bits per heavy atom. The van der Waals surface area contributed by atoms with Crippen LogP contribution in [-0.2, 0) is 6.54 Å². The summed E-state index contributed by atoms with van der Waals surface area (Å²) in [6, 6.07) is 13.3. The average molecular weight is 395 g/mol. The summed E-state index contributed by atoms with van der Waals surface area (Å²) in [6.07, 6.45) is 1.57. The van der Waals surface area contributed by atoms with E-state index in [1.807, 2.05) is 52.1 Å². The molecular formula is C21H22N4O2S. The number of likely N-dealkylation sites (tertiary alicyclic amines) is 1. The topological polar surface area (TPSA) is 78.1 Å². The summed E-state index contributed by atoms with van der Waals surface area (Å²) in [4.78, 5) is 33.9. The van der Waals surface area contributed by atoms with Gasteiger partial charge in [-0.05, 0) is 29.9 Å². The molecule has 144 valence electrons. The summed E-state index contributed by atoms with van der Waals surface area (Å²) < 4.78 is 0. The molecule has 0 spiro atoms. The monoisotopic (exact) mass is 394 g/mol. The lowest BCUT2D eigenvalue weighted by Gasteiger charge is -2.31. The molecule has 1 saturated heterocycles. The van der Waals surface area contributed by atoms with E-state index < -0.39 is 0 Å². The van der Waals surface area contributed by atoms with Gasteiger partial charge in [-0.15, -0.1) is 0 Å². The molecule has 0 saturated carbocycles. The maximum absolute atomic E-state index is 12.4. The zero-order valence-corrected chi connectivity index (χ0v) is 16.2. The first-order chi connectivity index (χ1) is 13.7. The molecule has 4 rings (SSSR count). The van der Waals surface area contributed by atoms with E-state index in [-0.39, 0.29) is 17.5 Å². The van der Waals surface area contributed by atoms with Crippen molar-refractivity contribution in [1.29, 1.82) is 0 Å². The summed E-state index contributed by atoms with van der Waals surface area (Å²) in [7, 11) is 0. The van der Waals surface area contributed by atoms with Crippen LogP contribution in [0.25, 0.3) is 11.3 Å². The molecule has 2 N–H and O–H groups in total. The van der Waals surface area contributed by atoms with E-state index in [1.54, 1.807) is 11.3 Å². The number of H-pyrrole nitrogens is 1. The number of urea groups is 1. The minimum absolute atomic E-state index is 0.0456. The van der Waals surface area contributed by atoms with Gasteiger partial charge in [0.15, 0.2) is 0 Å². The molecule has 2 aromatic heterocycles. The molecule has 3 aromatic rings. The van der Waals surface area contributed by atoms with E-state index >= 15 is 0 Å². The number of hydrogen-bond acceptors (Lipinski definition) is 4. The minimum Gasteiger partial charge on any atom is -0.334 e. The molecule has 3 heterocycles. The number of piperidine rings is 1. The lowest BCUT2D eigenvalue weighted by atomic mass is 9.96. The second-order valence-electron chi connectivity index (χ2n) is 6.93. The second kappa shape index (κ2) is 8.39. The number of amides is 2. The van der Waals surface area contributed by atoms with Gasteiger partial charge in [-0.3, -0.25) is 4.79 Å². The van der Waals surface area contributed by atoms with Gasteiger partial charge >= 0.3 is 6.03 Å². The smallest absolute Gasteiger partial charge is 0.317 e. The summed E-state index contributed by atoms with van der Waals surface area (Å²) in [6.45, 7) is 1.83. The number of hydrogen-bond donors (Lipinski definition) is 2. The van der Waals surface area contributed by atoms with Crippen LogP contribution in [0.15, 0.2) is 58.0 Å². The van der Waals surface area contributed by atoms with Crippen molar-refractivity contribution < 1.29 is 4.79 Å². The van der Waals surface area contributed by atoms with Crippen molar-refractivity contribution >= 4 is 17.4 Å². The zero-order valence-electron chi connectivity index (χ0n) is 15.4. The second-order valence-corrected chi connectivity index (χ2v) is 7.71. The van der Waals surface area contributed by atoms with Crippen LogP contribution in [0, 0.1) is 0 Å². The molecule has 1 fully saturated rings. The highest BCUT2D eigenvalue weighted by Gasteiger charge is 2.25. The standard InChI is InChI=1S/C21H22N4O2S/c26-19-12-18(17-8-11-28-14-17)23-20(24-19)16-6-9-25(10-7-16)21(27)22-13-15-4-2-1-3-5-15/h1-5,8,11-12,14,16H,6-7,9-10,13H2,(H,22,27)(H,23,24,26). The van der Waals surface area contributed by atoms with Crippen LogP contribution in [0.5, 0.6) is 0 Å². The van der Waals surface area contributed by atoms with Gasteiger partial charge in [0.1, 0.15) is 5.82 Å². The van der Waals surface area contributed by atoms with E-state index in [0.29, 0.717) is 25.3 Å². The molecule has 7 heteroatoms. The molecule has 0 unspecified atom stereocenters. The number of aromatic nitrogens is 2. The number of carbonyl (C=O) groups is 1. The van der Waals surface area contributed by atoms with Gasteiger partial charge in [-0.2, -0.15) is 11.3 Å². The number of nitrogens with zero attached hydrogens (tertiary/aromatic N) is 2. The van der Waals surface area contributed by atoms with E-state index in [9.17, 15) is 9.59 Å². The van der Waals surface area contributed by atoms with E-state index in [0.717, 1.165) is 29.8 Å². The molecule has 1 aromatic carbocycles. The minimum atomic E-state index is -0.130. The predicted octanol–water partition coefficient (Wildman–Crippen LogP) is 3.59. The lowest BCUT2D eigenvalue weighted by molar-refractivity contribution is 0.180. The summed E-state index contributed by atoms with van der Waals surface area (Å²) in [5, 5.41) is 6.94. The average Bonchev–Trinajstić information content (AvgIpc) is 3.27. The molecule has 0 bridgehead atoms. The van der Waals surface area contributed by atoms with Crippen molar-refractivity contribution in [2.75, 3.05) is 13.1 Å². The number of nitrogens with one attached hydrogen (secondary N) is 2. The molecule has 0 aliphatic carbocycles. The fourth-order valence-corrected chi connectivity index (χ4v) is 4.12. The first kappa shape index (κ1) is 18.4. The molecule has 2 amide bonds. The molecule has 28 heavy (non-hydrogen) atoms. The van der Waals surface area contributed by atoms with Gasteiger partial charge in [0, 0.05) is 42.6 Å². The Hall–Kier alpha value is -2.93. The lowest BCUT2D eigenvalue weighted by Crippen LogP contribution is -2.44. The van der Waals surface area contributed by atoms with Gasteiger partial charge in [-0.25, -0.2) is 9.78 Å². The van der Waals surface area contributed by atoms with Crippen molar-refractivity contribution in [2.45, 2.75) is 25.3 Å². The number of aromatic amines is 1. The van der Waals surface area contributed by atoms with Gasteiger partial charge in [0.05, 0.1) is 5.69 Å². The van der Waals surface area contributed by atoms with Crippen molar-refractivity contribution in [3.05, 3.63) is 75.0 Å². The van der Waals surface area contributed by atoms with Gasteiger partial charge < -0.3 is 15.2 Å². The zero-order chi connectivity index (χ0) is 19.3. The van der Waals surface area contributed by atoms with E-state index in [4.69, 9.17) is 0 Å². The Bertz CT molecular complexity index is 977. The third kappa shape index (κ3) is 4.31. The molecule has 1 aliphatic rings. The normalized spacial score (nSPS) is 14.8. The molecule has 0 radical (unpaired) electrons. The Morgan fingerprint density at radius 2 is 2.00 bits per heavy atom. The van der Waals surface area contributed by atoms with Crippen molar-refractivity contribution in [3.8, 4) is 11.3 Å². The number of carbonyl (C=O) groups excluding carboxylic acids is 1. The first-order valence-corrected chi connectivity index (χ1v) is 10.3. The first-order valence-electron chi connectivity index (χ1n) is 9.39. The van der Waals surface area contributed by atoms with Crippen LogP contribution in [0.4, 0.5) is 4.79 Å². The van der Waals surface area contributed by atoms with Crippen LogP contribution < -0.4 is 10.9 Å². The van der Waals surface area contributed by atoms with Crippen molar-refractivity contribution in [3.63, 3.8) is 0 Å². The molecule has 1 aliphatic heterocycles. The Balaban J connectivity index is 1.36. The number of rotatable bonds is 4. The summed E-state index contributed by atoms with van der Waals surface area (Å²) in [5.41, 5.74) is 2.63. The van der Waals surface area contributed by atoms with Crippen LogP contribution in [-0.4, -0.2) is 34.0 Å². The van der Waals surface area contributed by atoms with Crippen molar-refractivity contribution in [2.24, 2.45) is 0 Å². The highest BCUT2D eigenvalue weighted by Crippen LogP contribution is 2.27. The summed E-state index contributed by atoms with van der Waals surface area (Å²) in [5.74, 6) is 0.877. The Labute approximate surface area is 167 Å². The fourth-order valence-electron chi connectivity index (χ4n) is 3.47. The SMILES string of the molecule is O=C(NCc1ccccc1)N1CCC(c2nc(-c3ccsc3)cc(=O)[nH]2)CC1. The highest BCUT2D eigenvalue weighted by atomic mass is 32.1. The van der Waals surface area contributed by atoms with Crippen LogP contribution in [0.2, 0.25) is 0 Å². The quantitative estimate of drug-likeness (QED) is 0.710. The predicted molar refractivity (Wildman–Crippen MR) is 110 cm³/mol. The van der Waals surface area contributed by atoms with Gasteiger partial charge in [-0.1, -0.05) is 30.3 Å². The third-order valence-corrected chi connectivity index (χ3v) is 5.72.